The van der Waals surface area contributed by atoms with Gasteiger partial charge in [0.05, 0.1) is 0 Å². The van der Waals surface area contributed by atoms with Gasteiger partial charge in [-0.15, -0.1) is 0 Å². The standard InChI is InChI=1S/C20H36/c1-16-13-14-20(15-17(16)2,18-9-5-3-6-10-18)19-11-7-4-8-12-19/h16-19H,3-15H2,1-2H3. The van der Waals surface area contributed by atoms with E-state index in [0.29, 0.717) is 0 Å². The molecular formula is C20H36. The predicted molar refractivity (Wildman–Crippen MR) is 87.8 cm³/mol. The van der Waals surface area contributed by atoms with Gasteiger partial charge in [-0.05, 0) is 74.0 Å². The molecule has 0 amide bonds. The van der Waals surface area contributed by atoms with Crippen LogP contribution in [-0.4, -0.2) is 0 Å². The summed E-state index contributed by atoms with van der Waals surface area (Å²) in [5, 5.41) is 0. The zero-order chi connectivity index (χ0) is 14.0. The summed E-state index contributed by atoms with van der Waals surface area (Å²) in [6.07, 6.45) is 20.1. The highest BCUT2D eigenvalue weighted by molar-refractivity contribution is 4.98. The van der Waals surface area contributed by atoms with Crippen LogP contribution < -0.4 is 0 Å². The zero-order valence-corrected chi connectivity index (χ0v) is 14.0. The van der Waals surface area contributed by atoms with E-state index in [9.17, 15) is 0 Å². The summed E-state index contributed by atoms with van der Waals surface area (Å²) in [5.41, 5.74) is 0.771. The van der Waals surface area contributed by atoms with Crippen LogP contribution in [0, 0.1) is 29.1 Å². The molecule has 3 aliphatic carbocycles. The molecular weight excluding hydrogens is 240 g/mol. The molecule has 0 bridgehead atoms. The first-order chi connectivity index (χ1) is 9.72. The monoisotopic (exact) mass is 276 g/mol. The zero-order valence-electron chi connectivity index (χ0n) is 14.0. The molecule has 0 aliphatic heterocycles. The molecule has 0 nitrogen and oxygen atoms in total. The quantitative estimate of drug-likeness (QED) is 0.533. The molecule has 2 unspecified atom stereocenters. The molecule has 0 aromatic rings. The Balaban J connectivity index is 1.81. The second kappa shape index (κ2) is 6.41. The third kappa shape index (κ3) is 2.81. The van der Waals surface area contributed by atoms with Crippen LogP contribution in [0.5, 0.6) is 0 Å². The van der Waals surface area contributed by atoms with Crippen molar-refractivity contribution >= 4 is 0 Å². The van der Waals surface area contributed by atoms with E-state index in [1.165, 1.54) is 44.9 Å². The Morgan fingerprint density at radius 1 is 0.600 bits per heavy atom. The van der Waals surface area contributed by atoms with Crippen molar-refractivity contribution in [3.8, 4) is 0 Å². The molecule has 0 radical (unpaired) electrons. The van der Waals surface area contributed by atoms with Gasteiger partial charge in [0.25, 0.3) is 0 Å². The van der Waals surface area contributed by atoms with Gasteiger partial charge in [0.1, 0.15) is 0 Å². The minimum Gasteiger partial charge on any atom is -0.0623 e. The fourth-order valence-corrected chi connectivity index (χ4v) is 6.11. The molecule has 3 fully saturated rings. The van der Waals surface area contributed by atoms with E-state index in [-0.39, 0.29) is 0 Å². The fraction of sp³-hybridized carbons (Fsp3) is 1.00. The van der Waals surface area contributed by atoms with Gasteiger partial charge >= 0.3 is 0 Å². The first-order valence-corrected chi connectivity index (χ1v) is 9.72. The number of hydrogen-bond acceptors (Lipinski definition) is 0. The molecule has 0 aromatic heterocycles. The lowest BCUT2D eigenvalue weighted by Gasteiger charge is -2.54. The van der Waals surface area contributed by atoms with Crippen molar-refractivity contribution in [2.45, 2.75) is 97.3 Å². The van der Waals surface area contributed by atoms with Gasteiger partial charge in [0.2, 0.25) is 0 Å². The molecule has 3 saturated carbocycles. The minimum absolute atomic E-state index is 0.771. The van der Waals surface area contributed by atoms with Crippen LogP contribution in [0.25, 0.3) is 0 Å². The van der Waals surface area contributed by atoms with Crippen molar-refractivity contribution in [3.05, 3.63) is 0 Å². The fourth-order valence-electron chi connectivity index (χ4n) is 6.11. The average molecular weight is 277 g/mol. The summed E-state index contributed by atoms with van der Waals surface area (Å²) in [6.45, 7) is 5.07. The van der Waals surface area contributed by atoms with E-state index < -0.39 is 0 Å². The summed E-state index contributed by atoms with van der Waals surface area (Å²) in [4.78, 5) is 0. The Hall–Kier alpha value is 0. The van der Waals surface area contributed by atoms with E-state index in [0.717, 1.165) is 29.1 Å². The molecule has 0 N–H and O–H groups in total. The molecule has 0 heterocycles. The van der Waals surface area contributed by atoms with E-state index in [2.05, 4.69) is 13.8 Å². The highest BCUT2D eigenvalue weighted by Crippen LogP contribution is 2.58. The molecule has 2 atom stereocenters. The Morgan fingerprint density at radius 2 is 1.10 bits per heavy atom. The van der Waals surface area contributed by atoms with Gasteiger partial charge in [-0.2, -0.15) is 0 Å². The molecule has 3 rings (SSSR count). The Labute approximate surface area is 127 Å². The van der Waals surface area contributed by atoms with Crippen molar-refractivity contribution in [1.82, 2.24) is 0 Å². The van der Waals surface area contributed by atoms with Crippen molar-refractivity contribution < 1.29 is 0 Å². The Kier molecular flexibility index (Phi) is 4.78. The van der Waals surface area contributed by atoms with Crippen LogP contribution in [-0.2, 0) is 0 Å². The third-order valence-corrected chi connectivity index (χ3v) is 7.57. The predicted octanol–water partition coefficient (Wildman–Crippen LogP) is 6.59. The topological polar surface area (TPSA) is 0 Å². The van der Waals surface area contributed by atoms with Gasteiger partial charge in [-0.25, -0.2) is 0 Å². The molecule has 116 valence electrons. The smallest absolute Gasteiger partial charge is 0.0238 e. The van der Waals surface area contributed by atoms with Crippen LogP contribution in [0.3, 0.4) is 0 Å². The van der Waals surface area contributed by atoms with Crippen molar-refractivity contribution in [2.24, 2.45) is 29.1 Å². The maximum absolute atomic E-state index is 2.56. The lowest BCUT2D eigenvalue weighted by atomic mass is 9.51. The van der Waals surface area contributed by atoms with E-state index in [1.54, 1.807) is 38.5 Å². The average Bonchev–Trinajstić information content (AvgIpc) is 2.52. The SMILES string of the molecule is CC1CCC(C2CCCCC2)(C2CCCCC2)CC1C. The molecule has 0 spiro atoms. The molecule has 3 aliphatic rings. The van der Waals surface area contributed by atoms with E-state index in [4.69, 9.17) is 0 Å². The van der Waals surface area contributed by atoms with E-state index in [1.807, 2.05) is 0 Å². The summed E-state index contributed by atoms with van der Waals surface area (Å²) in [5.74, 6) is 4.14. The Morgan fingerprint density at radius 3 is 1.55 bits per heavy atom. The third-order valence-electron chi connectivity index (χ3n) is 7.57. The van der Waals surface area contributed by atoms with Gasteiger partial charge < -0.3 is 0 Å². The molecule has 0 saturated heterocycles. The maximum atomic E-state index is 2.56. The minimum atomic E-state index is 0.771. The molecule has 0 aromatic carbocycles. The normalized spacial score (nSPS) is 36.9. The molecule has 0 heteroatoms. The van der Waals surface area contributed by atoms with Crippen LogP contribution in [0.15, 0.2) is 0 Å². The van der Waals surface area contributed by atoms with Gasteiger partial charge in [-0.1, -0.05) is 52.4 Å². The summed E-state index contributed by atoms with van der Waals surface area (Å²) in [7, 11) is 0. The lowest BCUT2D eigenvalue weighted by molar-refractivity contribution is -0.0429. The van der Waals surface area contributed by atoms with Crippen LogP contribution in [0.2, 0.25) is 0 Å². The van der Waals surface area contributed by atoms with Crippen molar-refractivity contribution in [2.75, 3.05) is 0 Å². The highest BCUT2D eigenvalue weighted by atomic mass is 14.5. The second-order valence-electron chi connectivity index (χ2n) is 8.60. The van der Waals surface area contributed by atoms with Crippen molar-refractivity contribution in [1.29, 1.82) is 0 Å². The molecule has 20 heavy (non-hydrogen) atoms. The summed E-state index contributed by atoms with van der Waals surface area (Å²) in [6, 6.07) is 0. The van der Waals surface area contributed by atoms with E-state index >= 15 is 0 Å². The Bertz CT molecular complexity index is 275. The second-order valence-corrected chi connectivity index (χ2v) is 8.60. The number of rotatable bonds is 2. The van der Waals surface area contributed by atoms with Crippen LogP contribution in [0.1, 0.15) is 97.3 Å². The summed E-state index contributed by atoms with van der Waals surface area (Å²) < 4.78 is 0. The van der Waals surface area contributed by atoms with Crippen molar-refractivity contribution in [3.63, 3.8) is 0 Å². The number of hydrogen-bond donors (Lipinski definition) is 0. The van der Waals surface area contributed by atoms with Crippen LogP contribution in [0.4, 0.5) is 0 Å². The first kappa shape index (κ1) is 14.9. The highest BCUT2D eigenvalue weighted by Gasteiger charge is 2.48. The largest absolute Gasteiger partial charge is 0.0623 e. The maximum Gasteiger partial charge on any atom is -0.0238 e. The lowest BCUT2D eigenvalue weighted by Crippen LogP contribution is -2.45. The van der Waals surface area contributed by atoms with Gasteiger partial charge in [0.15, 0.2) is 0 Å². The first-order valence-electron chi connectivity index (χ1n) is 9.72. The van der Waals surface area contributed by atoms with Gasteiger partial charge in [0, 0.05) is 0 Å². The van der Waals surface area contributed by atoms with Crippen LogP contribution >= 0.6 is 0 Å². The summed E-state index contributed by atoms with van der Waals surface area (Å²) >= 11 is 0. The van der Waals surface area contributed by atoms with Gasteiger partial charge in [-0.3, -0.25) is 0 Å².